The highest BCUT2D eigenvalue weighted by Gasteiger charge is 2.13. The van der Waals surface area contributed by atoms with E-state index >= 15 is 0 Å². The van der Waals surface area contributed by atoms with Crippen molar-refractivity contribution in [2.75, 3.05) is 7.05 Å². The molecule has 0 bridgehead atoms. The van der Waals surface area contributed by atoms with Crippen molar-refractivity contribution < 1.29 is 0 Å². The second-order valence-electron chi connectivity index (χ2n) is 3.23. The quantitative estimate of drug-likeness (QED) is 0.831. The SMILES string of the molecule is CNC(c1ccsc1)c1cnn(C)c1. The first-order valence-electron chi connectivity index (χ1n) is 4.49. The molecule has 1 N–H and O–H groups in total. The third-order valence-electron chi connectivity index (χ3n) is 2.22. The largest absolute Gasteiger partial charge is 0.309 e. The van der Waals surface area contributed by atoms with Gasteiger partial charge in [0.25, 0.3) is 0 Å². The number of rotatable bonds is 3. The van der Waals surface area contributed by atoms with Crippen molar-refractivity contribution in [3.63, 3.8) is 0 Å². The molecule has 0 saturated heterocycles. The van der Waals surface area contributed by atoms with Gasteiger partial charge < -0.3 is 5.32 Å². The van der Waals surface area contributed by atoms with Gasteiger partial charge in [-0.15, -0.1) is 0 Å². The number of hydrogen-bond donors (Lipinski definition) is 1. The van der Waals surface area contributed by atoms with Gasteiger partial charge in [0.15, 0.2) is 0 Å². The Kier molecular flexibility index (Phi) is 2.65. The van der Waals surface area contributed by atoms with E-state index in [2.05, 4.69) is 27.2 Å². The summed E-state index contributed by atoms with van der Waals surface area (Å²) in [5.41, 5.74) is 2.50. The molecule has 0 aliphatic heterocycles. The fourth-order valence-electron chi connectivity index (χ4n) is 1.55. The molecule has 14 heavy (non-hydrogen) atoms. The second-order valence-corrected chi connectivity index (χ2v) is 4.01. The van der Waals surface area contributed by atoms with Crippen LogP contribution in [0.3, 0.4) is 0 Å². The summed E-state index contributed by atoms with van der Waals surface area (Å²) in [4.78, 5) is 0. The molecule has 1 atom stereocenters. The Morgan fingerprint density at radius 3 is 2.86 bits per heavy atom. The molecule has 74 valence electrons. The lowest BCUT2D eigenvalue weighted by Gasteiger charge is -2.12. The molecule has 0 aliphatic rings. The molecule has 0 radical (unpaired) electrons. The smallest absolute Gasteiger partial charge is 0.0613 e. The van der Waals surface area contributed by atoms with Crippen LogP contribution in [0.15, 0.2) is 29.2 Å². The molecular formula is C10H13N3S. The predicted molar refractivity (Wildman–Crippen MR) is 58.4 cm³/mol. The van der Waals surface area contributed by atoms with E-state index in [1.807, 2.05) is 31.2 Å². The van der Waals surface area contributed by atoms with Gasteiger partial charge >= 0.3 is 0 Å². The van der Waals surface area contributed by atoms with E-state index in [9.17, 15) is 0 Å². The maximum absolute atomic E-state index is 4.18. The van der Waals surface area contributed by atoms with E-state index in [1.54, 1.807) is 11.3 Å². The van der Waals surface area contributed by atoms with Gasteiger partial charge in [-0.25, -0.2) is 0 Å². The molecular weight excluding hydrogens is 194 g/mol. The summed E-state index contributed by atoms with van der Waals surface area (Å²) in [6.45, 7) is 0. The maximum atomic E-state index is 4.18. The standard InChI is InChI=1S/C10H13N3S/c1-11-10(8-3-4-14-7-8)9-5-12-13(2)6-9/h3-7,10-11H,1-2H3. The average molecular weight is 207 g/mol. The molecule has 0 aromatic carbocycles. The van der Waals surface area contributed by atoms with Crippen LogP contribution in [0, 0.1) is 0 Å². The number of nitrogens with zero attached hydrogens (tertiary/aromatic N) is 2. The van der Waals surface area contributed by atoms with Crippen LogP contribution in [0.4, 0.5) is 0 Å². The molecule has 4 heteroatoms. The molecule has 2 rings (SSSR count). The van der Waals surface area contributed by atoms with Gasteiger partial charge in [-0.3, -0.25) is 4.68 Å². The average Bonchev–Trinajstić information content (AvgIpc) is 2.79. The number of hydrogen-bond acceptors (Lipinski definition) is 3. The molecule has 0 saturated carbocycles. The van der Waals surface area contributed by atoms with Gasteiger partial charge in [-0.05, 0) is 29.4 Å². The Morgan fingerprint density at radius 2 is 2.36 bits per heavy atom. The van der Waals surface area contributed by atoms with Crippen molar-refractivity contribution in [1.29, 1.82) is 0 Å². The summed E-state index contributed by atoms with van der Waals surface area (Å²) in [5.74, 6) is 0. The summed E-state index contributed by atoms with van der Waals surface area (Å²) < 4.78 is 1.83. The van der Waals surface area contributed by atoms with Gasteiger partial charge in [-0.2, -0.15) is 16.4 Å². The van der Waals surface area contributed by atoms with Crippen LogP contribution < -0.4 is 5.32 Å². The molecule has 3 nitrogen and oxygen atoms in total. The van der Waals surface area contributed by atoms with E-state index < -0.39 is 0 Å². The number of nitrogens with one attached hydrogen (secondary N) is 1. The molecule has 0 spiro atoms. The Morgan fingerprint density at radius 1 is 1.50 bits per heavy atom. The molecule has 0 amide bonds. The van der Waals surface area contributed by atoms with E-state index in [0.29, 0.717) is 0 Å². The van der Waals surface area contributed by atoms with E-state index in [1.165, 1.54) is 11.1 Å². The Balaban J connectivity index is 2.31. The lowest BCUT2D eigenvalue weighted by atomic mass is 10.1. The number of aromatic nitrogens is 2. The van der Waals surface area contributed by atoms with Crippen molar-refractivity contribution in [2.45, 2.75) is 6.04 Å². The summed E-state index contributed by atoms with van der Waals surface area (Å²) in [6, 6.07) is 2.40. The third kappa shape index (κ3) is 1.71. The zero-order valence-electron chi connectivity index (χ0n) is 8.27. The zero-order valence-corrected chi connectivity index (χ0v) is 9.08. The first-order chi connectivity index (χ1) is 6.81. The van der Waals surface area contributed by atoms with Gasteiger partial charge in [-0.1, -0.05) is 0 Å². The minimum Gasteiger partial charge on any atom is -0.309 e. The number of aryl methyl sites for hydroxylation is 1. The highest BCUT2D eigenvalue weighted by atomic mass is 32.1. The van der Waals surface area contributed by atoms with E-state index in [4.69, 9.17) is 0 Å². The zero-order chi connectivity index (χ0) is 9.97. The molecule has 1 unspecified atom stereocenters. The second kappa shape index (κ2) is 3.94. The van der Waals surface area contributed by atoms with Gasteiger partial charge in [0.05, 0.1) is 12.2 Å². The van der Waals surface area contributed by atoms with Crippen molar-refractivity contribution in [3.8, 4) is 0 Å². The topological polar surface area (TPSA) is 29.9 Å². The maximum Gasteiger partial charge on any atom is 0.0613 e. The van der Waals surface area contributed by atoms with Crippen LogP contribution in [-0.4, -0.2) is 16.8 Å². The third-order valence-corrected chi connectivity index (χ3v) is 2.92. The van der Waals surface area contributed by atoms with Crippen LogP contribution in [0.2, 0.25) is 0 Å². The molecule has 2 aromatic rings. The van der Waals surface area contributed by atoms with Crippen LogP contribution in [0.5, 0.6) is 0 Å². The van der Waals surface area contributed by atoms with Gasteiger partial charge in [0, 0.05) is 18.8 Å². The van der Waals surface area contributed by atoms with Crippen molar-refractivity contribution in [3.05, 3.63) is 40.3 Å². The van der Waals surface area contributed by atoms with Crippen LogP contribution >= 0.6 is 11.3 Å². The van der Waals surface area contributed by atoms with Gasteiger partial charge in [0.1, 0.15) is 0 Å². The monoisotopic (exact) mass is 207 g/mol. The number of thiophene rings is 1. The summed E-state index contributed by atoms with van der Waals surface area (Å²) >= 11 is 1.72. The predicted octanol–water partition coefficient (Wildman–Crippen LogP) is 1.79. The van der Waals surface area contributed by atoms with Crippen molar-refractivity contribution in [2.24, 2.45) is 7.05 Å². The first-order valence-corrected chi connectivity index (χ1v) is 5.43. The summed E-state index contributed by atoms with van der Waals surface area (Å²) in [7, 11) is 3.90. The normalized spacial score (nSPS) is 13.0. The summed E-state index contributed by atoms with van der Waals surface area (Å²) in [6.07, 6.45) is 3.94. The highest BCUT2D eigenvalue weighted by molar-refractivity contribution is 7.08. The lowest BCUT2D eigenvalue weighted by molar-refractivity contribution is 0.692. The van der Waals surface area contributed by atoms with Crippen LogP contribution in [0.25, 0.3) is 0 Å². The Labute approximate surface area is 87.4 Å². The fourth-order valence-corrected chi connectivity index (χ4v) is 2.24. The Hall–Kier alpha value is -1.13. The van der Waals surface area contributed by atoms with Crippen molar-refractivity contribution >= 4 is 11.3 Å². The Bertz CT molecular complexity index is 391. The summed E-state index contributed by atoms with van der Waals surface area (Å²) in [5, 5.41) is 11.7. The van der Waals surface area contributed by atoms with Gasteiger partial charge in [0.2, 0.25) is 0 Å². The van der Waals surface area contributed by atoms with Crippen LogP contribution in [-0.2, 0) is 7.05 Å². The lowest BCUT2D eigenvalue weighted by Crippen LogP contribution is -2.16. The molecule has 0 aliphatic carbocycles. The first kappa shape index (κ1) is 9.43. The minimum absolute atomic E-state index is 0.259. The molecule has 0 fully saturated rings. The van der Waals surface area contributed by atoms with E-state index in [-0.39, 0.29) is 6.04 Å². The molecule has 2 aromatic heterocycles. The highest BCUT2D eigenvalue weighted by Crippen LogP contribution is 2.22. The van der Waals surface area contributed by atoms with E-state index in [0.717, 1.165) is 0 Å². The fraction of sp³-hybridized carbons (Fsp3) is 0.300. The molecule has 2 heterocycles. The minimum atomic E-state index is 0.259. The van der Waals surface area contributed by atoms with Crippen LogP contribution in [0.1, 0.15) is 17.2 Å². The van der Waals surface area contributed by atoms with Crippen molar-refractivity contribution in [1.82, 2.24) is 15.1 Å².